The molecule has 0 aliphatic rings. The highest BCUT2D eigenvalue weighted by molar-refractivity contribution is 5.69. The Labute approximate surface area is 125 Å². The van der Waals surface area contributed by atoms with Gasteiger partial charge < -0.3 is 9.40 Å². The molecule has 0 unspecified atom stereocenters. The van der Waals surface area contributed by atoms with E-state index in [0.29, 0.717) is 11.3 Å². The average molecular weight is 298 g/mol. The van der Waals surface area contributed by atoms with E-state index < -0.39 is 11.2 Å². The molecular weight excluding hydrogens is 284 g/mol. The van der Waals surface area contributed by atoms with E-state index in [-0.39, 0.29) is 17.8 Å². The fourth-order valence-corrected chi connectivity index (χ4v) is 2.18. The van der Waals surface area contributed by atoms with Crippen molar-refractivity contribution in [2.45, 2.75) is 6.54 Å². The van der Waals surface area contributed by atoms with Gasteiger partial charge in [0.2, 0.25) is 0 Å². The largest absolute Gasteiger partial charge is 0.402 e. The summed E-state index contributed by atoms with van der Waals surface area (Å²) in [4.78, 5) is 36.0. The number of nitrogens with one attached hydrogen (secondary N) is 1. The number of nitrogens with zero attached hydrogens (tertiary/aromatic N) is 3. The smallest absolute Gasteiger partial charge is 0.363 e. The highest BCUT2D eigenvalue weighted by Crippen LogP contribution is 2.07. The number of H-pyrrole nitrogens is 1. The number of hydrogen-bond acceptors (Lipinski definition) is 4. The fourth-order valence-electron chi connectivity index (χ4n) is 2.18. The number of aromatic amines is 1. The minimum absolute atomic E-state index is 0.0569. The number of hydrogen-bond donors (Lipinski definition) is 1. The lowest BCUT2D eigenvalue weighted by atomic mass is 10.2. The molecule has 0 aliphatic carbocycles. The van der Waals surface area contributed by atoms with Crippen molar-refractivity contribution >= 4 is 11.2 Å². The van der Waals surface area contributed by atoms with E-state index in [1.807, 2.05) is 30.3 Å². The predicted octanol–water partition coefficient (Wildman–Crippen LogP) is 0.549. The first-order valence-corrected chi connectivity index (χ1v) is 6.69. The van der Waals surface area contributed by atoms with Crippen LogP contribution in [0.4, 0.5) is 0 Å². The van der Waals surface area contributed by atoms with Gasteiger partial charge in [-0.15, -0.1) is 0 Å². The summed E-state index contributed by atoms with van der Waals surface area (Å²) in [5.41, 5.74) is 0.334. The first-order chi connectivity index (χ1) is 10.7. The van der Waals surface area contributed by atoms with Crippen molar-refractivity contribution in [3.8, 4) is 0 Å². The molecule has 0 spiro atoms. The summed E-state index contributed by atoms with van der Waals surface area (Å²) in [5, 5.41) is 0. The molecule has 22 heavy (non-hydrogen) atoms. The van der Waals surface area contributed by atoms with Crippen LogP contribution in [0.2, 0.25) is 0 Å². The Hall–Kier alpha value is -3.09. The van der Waals surface area contributed by atoms with Crippen molar-refractivity contribution in [3.05, 3.63) is 75.7 Å². The summed E-state index contributed by atoms with van der Waals surface area (Å²) < 4.78 is 2.36. The van der Waals surface area contributed by atoms with E-state index >= 15 is 0 Å². The van der Waals surface area contributed by atoms with Crippen LogP contribution in [-0.2, 0) is 6.54 Å². The zero-order valence-electron chi connectivity index (χ0n) is 11.7. The number of rotatable bonds is 5. The Morgan fingerprint density at radius 2 is 2.05 bits per heavy atom. The van der Waals surface area contributed by atoms with Gasteiger partial charge in [0.25, 0.3) is 0 Å². The molecule has 0 atom stereocenters. The SMILES string of the molecule is C=CCOn1c(=O)[nH]c2ncn(Cc3ccccc3)c2c1=O. The maximum absolute atomic E-state index is 12.5. The van der Waals surface area contributed by atoms with Crippen LogP contribution in [0.3, 0.4) is 0 Å². The average Bonchev–Trinajstić information content (AvgIpc) is 2.91. The molecule has 7 nitrogen and oxygen atoms in total. The molecule has 0 radical (unpaired) electrons. The molecule has 0 saturated carbocycles. The third kappa shape index (κ3) is 2.44. The summed E-state index contributed by atoms with van der Waals surface area (Å²) >= 11 is 0. The number of imidazole rings is 1. The highest BCUT2D eigenvalue weighted by Gasteiger charge is 2.14. The molecule has 3 rings (SSSR count). The van der Waals surface area contributed by atoms with Gasteiger partial charge in [0.05, 0.1) is 6.33 Å². The number of aromatic nitrogens is 4. The first kappa shape index (κ1) is 13.9. The Kier molecular flexibility index (Phi) is 3.61. The minimum atomic E-state index is -0.663. The van der Waals surface area contributed by atoms with Crippen molar-refractivity contribution in [2.75, 3.05) is 6.61 Å². The molecule has 2 aromatic heterocycles. The topological polar surface area (TPSA) is 81.9 Å². The molecule has 112 valence electrons. The van der Waals surface area contributed by atoms with Crippen molar-refractivity contribution in [3.63, 3.8) is 0 Å². The van der Waals surface area contributed by atoms with Gasteiger partial charge in [-0.2, -0.15) is 0 Å². The second kappa shape index (κ2) is 5.72. The summed E-state index contributed by atoms with van der Waals surface area (Å²) in [6.45, 7) is 4.02. The highest BCUT2D eigenvalue weighted by atomic mass is 16.7. The van der Waals surface area contributed by atoms with E-state index in [1.165, 1.54) is 12.4 Å². The Bertz CT molecular complexity index is 921. The monoisotopic (exact) mass is 298 g/mol. The normalized spacial score (nSPS) is 10.7. The van der Waals surface area contributed by atoms with Crippen LogP contribution in [0.5, 0.6) is 0 Å². The lowest BCUT2D eigenvalue weighted by molar-refractivity contribution is 0.116. The molecule has 2 heterocycles. The number of benzene rings is 1. The molecule has 0 fully saturated rings. The predicted molar refractivity (Wildman–Crippen MR) is 81.8 cm³/mol. The van der Waals surface area contributed by atoms with Crippen molar-refractivity contribution in [1.29, 1.82) is 0 Å². The summed E-state index contributed by atoms with van der Waals surface area (Å²) in [5.74, 6) is 0. The van der Waals surface area contributed by atoms with E-state index in [9.17, 15) is 9.59 Å². The molecule has 0 aliphatic heterocycles. The summed E-state index contributed by atoms with van der Waals surface area (Å²) in [6.07, 6.45) is 2.98. The second-order valence-corrected chi connectivity index (χ2v) is 4.67. The van der Waals surface area contributed by atoms with Crippen molar-refractivity contribution < 1.29 is 4.84 Å². The zero-order chi connectivity index (χ0) is 15.5. The van der Waals surface area contributed by atoms with Gasteiger partial charge in [-0.3, -0.25) is 9.78 Å². The third-order valence-corrected chi connectivity index (χ3v) is 3.15. The molecular formula is C15H14N4O3. The van der Waals surface area contributed by atoms with Gasteiger partial charge in [0.1, 0.15) is 6.61 Å². The zero-order valence-corrected chi connectivity index (χ0v) is 11.7. The van der Waals surface area contributed by atoms with Crippen LogP contribution in [-0.4, -0.2) is 25.9 Å². The van der Waals surface area contributed by atoms with Gasteiger partial charge in [0, 0.05) is 6.54 Å². The molecule has 1 N–H and O–H groups in total. The molecule has 0 bridgehead atoms. The number of fused-ring (bicyclic) bond motifs is 1. The van der Waals surface area contributed by atoms with Gasteiger partial charge in [-0.25, -0.2) is 9.78 Å². The van der Waals surface area contributed by atoms with Crippen LogP contribution in [0.1, 0.15) is 5.56 Å². The molecule has 7 heteroatoms. The van der Waals surface area contributed by atoms with Crippen LogP contribution < -0.4 is 16.1 Å². The lowest BCUT2D eigenvalue weighted by Gasteiger charge is -2.07. The second-order valence-electron chi connectivity index (χ2n) is 4.67. The first-order valence-electron chi connectivity index (χ1n) is 6.69. The third-order valence-electron chi connectivity index (χ3n) is 3.15. The van der Waals surface area contributed by atoms with Gasteiger partial charge in [0.15, 0.2) is 11.2 Å². The fraction of sp³-hybridized carbons (Fsp3) is 0.133. The Morgan fingerprint density at radius 1 is 1.27 bits per heavy atom. The maximum atomic E-state index is 12.5. The standard InChI is InChI=1S/C15H14N4O3/c1-2-8-22-19-14(20)12-13(17-15(19)21)16-10-18(12)9-11-6-4-3-5-7-11/h2-7,10H,1,8-9H2,(H,17,21). The molecule has 3 aromatic rings. The van der Waals surface area contributed by atoms with E-state index in [4.69, 9.17) is 4.84 Å². The van der Waals surface area contributed by atoms with Gasteiger partial charge in [-0.05, 0) is 5.56 Å². The lowest BCUT2D eigenvalue weighted by Crippen LogP contribution is -2.40. The Morgan fingerprint density at radius 3 is 2.77 bits per heavy atom. The quantitative estimate of drug-likeness (QED) is 0.697. The van der Waals surface area contributed by atoms with Crippen molar-refractivity contribution in [2.24, 2.45) is 0 Å². The summed E-state index contributed by atoms with van der Waals surface area (Å²) in [6, 6.07) is 9.65. The van der Waals surface area contributed by atoms with E-state index in [1.54, 1.807) is 4.57 Å². The van der Waals surface area contributed by atoms with Crippen LogP contribution in [0.15, 0.2) is 58.9 Å². The van der Waals surface area contributed by atoms with Crippen LogP contribution >= 0.6 is 0 Å². The van der Waals surface area contributed by atoms with Gasteiger partial charge in [-0.1, -0.05) is 47.7 Å². The summed E-state index contributed by atoms with van der Waals surface area (Å²) in [7, 11) is 0. The van der Waals surface area contributed by atoms with Crippen LogP contribution in [0, 0.1) is 0 Å². The van der Waals surface area contributed by atoms with E-state index in [0.717, 1.165) is 5.56 Å². The van der Waals surface area contributed by atoms with Gasteiger partial charge >= 0.3 is 11.2 Å². The Balaban J connectivity index is 2.11. The van der Waals surface area contributed by atoms with Crippen molar-refractivity contribution in [1.82, 2.24) is 19.3 Å². The molecule has 1 aromatic carbocycles. The van der Waals surface area contributed by atoms with E-state index in [2.05, 4.69) is 16.5 Å². The molecule has 0 amide bonds. The maximum Gasteiger partial charge on any atom is 0.363 e. The van der Waals surface area contributed by atoms with Crippen LogP contribution in [0.25, 0.3) is 11.2 Å². The molecule has 0 saturated heterocycles. The minimum Gasteiger partial charge on any atom is -0.402 e.